The quantitative estimate of drug-likeness (QED) is 0.275. The van der Waals surface area contributed by atoms with Gasteiger partial charge in [-0.25, -0.2) is 0 Å². The molecule has 3 amide bonds. The van der Waals surface area contributed by atoms with Gasteiger partial charge in [-0.2, -0.15) is 0 Å². The average molecular weight is 448 g/mol. The highest BCUT2D eigenvalue weighted by Crippen LogP contribution is 2.06. The van der Waals surface area contributed by atoms with E-state index in [1.54, 1.807) is 0 Å². The Morgan fingerprint density at radius 1 is 0.938 bits per heavy atom. The normalized spacial score (nSPS) is 12.3. The maximum Gasteiger partial charge on any atom is 0.306 e. The first-order valence-electron chi connectivity index (χ1n) is 10.8. The Bertz CT molecular complexity index is 781. The number of unbranched alkanes of at least 4 members (excludes halogenated alkanes) is 2. The number of Topliss-reactive ketones (excluding diaryl/α,β-unsaturated/α-hetero) is 1. The van der Waals surface area contributed by atoms with Gasteiger partial charge in [0.05, 0.1) is 0 Å². The molecule has 176 valence electrons. The van der Waals surface area contributed by atoms with Crippen molar-refractivity contribution in [2.24, 2.45) is 5.73 Å². The van der Waals surface area contributed by atoms with E-state index in [2.05, 4.69) is 10.6 Å². The van der Waals surface area contributed by atoms with Gasteiger partial charge in [0.15, 0.2) is 0 Å². The van der Waals surface area contributed by atoms with Crippen molar-refractivity contribution < 1.29 is 28.7 Å². The van der Waals surface area contributed by atoms with Gasteiger partial charge in [-0.3, -0.25) is 19.2 Å². The maximum absolute atomic E-state index is 12.3. The minimum absolute atomic E-state index is 0.00842. The summed E-state index contributed by atoms with van der Waals surface area (Å²) in [4.78, 5) is 58.8. The minimum Gasteiger partial charge on any atom is -0.461 e. The number of ketones is 1. The fourth-order valence-corrected chi connectivity index (χ4v) is 2.87. The molecule has 9 heteroatoms. The van der Waals surface area contributed by atoms with E-state index >= 15 is 0 Å². The van der Waals surface area contributed by atoms with Gasteiger partial charge in [0, 0.05) is 19.3 Å². The molecule has 0 aliphatic carbocycles. The smallest absolute Gasteiger partial charge is 0.306 e. The summed E-state index contributed by atoms with van der Waals surface area (Å²) in [7, 11) is 0. The van der Waals surface area contributed by atoms with Gasteiger partial charge in [-0.05, 0) is 38.7 Å². The van der Waals surface area contributed by atoms with Crippen LogP contribution < -0.4 is 16.4 Å². The Balaban J connectivity index is 2.35. The molecular weight excluding hydrogens is 414 g/mol. The number of esters is 1. The molecule has 0 radical (unpaired) electrons. The van der Waals surface area contributed by atoms with E-state index in [-0.39, 0.29) is 37.6 Å². The molecule has 1 rings (SSSR count). The van der Waals surface area contributed by atoms with Gasteiger partial charge in [0.1, 0.15) is 24.5 Å². The van der Waals surface area contributed by atoms with Gasteiger partial charge in [-0.15, -0.1) is 0 Å². The number of carbonyl (C=O) groups excluding carboxylic acids is 5. The summed E-state index contributed by atoms with van der Waals surface area (Å²) in [5.41, 5.74) is 6.17. The lowest BCUT2D eigenvalue weighted by Crippen LogP contribution is -2.52. The molecule has 0 saturated heterocycles. The first kappa shape index (κ1) is 26.8. The van der Waals surface area contributed by atoms with Crippen LogP contribution in [0.5, 0.6) is 0 Å². The van der Waals surface area contributed by atoms with E-state index in [4.69, 9.17) is 10.5 Å². The molecule has 0 spiro atoms. The number of rotatable bonds is 15. The van der Waals surface area contributed by atoms with Crippen LogP contribution in [-0.2, 0) is 35.3 Å². The zero-order valence-electron chi connectivity index (χ0n) is 18.7. The molecule has 2 atom stereocenters. The number of nitrogens with one attached hydrogen (secondary N) is 2. The number of benzene rings is 1. The Labute approximate surface area is 188 Å². The fourth-order valence-electron chi connectivity index (χ4n) is 2.87. The van der Waals surface area contributed by atoms with E-state index in [0.29, 0.717) is 12.8 Å². The maximum atomic E-state index is 12.3. The second kappa shape index (κ2) is 14.7. The van der Waals surface area contributed by atoms with Crippen molar-refractivity contribution in [1.82, 2.24) is 10.6 Å². The van der Waals surface area contributed by atoms with Crippen LogP contribution in [0.1, 0.15) is 64.4 Å². The molecule has 0 heterocycles. The van der Waals surface area contributed by atoms with Gasteiger partial charge < -0.3 is 25.9 Å². The molecule has 1 aromatic carbocycles. The van der Waals surface area contributed by atoms with Crippen LogP contribution in [0.25, 0.3) is 0 Å². The summed E-state index contributed by atoms with van der Waals surface area (Å²) < 4.78 is 5.15. The Hall–Kier alpha value is -3.23. The topological polar surface area (TPSA) is 145 Å². The third kappa shape index (κ3) is 11.8. The van der Waals surface area contributed by atoms with Crippen molar-refractivity contribution in [3.8, 4) is 0 Å². The van der Waals surface area contributed by atoms with E-state index in [0.717, 1.165) is 18.4 Å². The van der Waals surface area contributed by atoms with E-state index < -0.39 is 29.9 Å². The molecule has 0 aliphatic heterocycles. The molecule has 32 heavy (non-hydrogen) atoms. The minimum atomic E-state index is -1.06. The summed E-state index contributed by atoms with van der Waals surface area (Å²) in [5, 5.41) is 5.03. The monoisotopic (exact) mass is 447 g/mol. The Morgan fingerprint density at radius 2 is 1.59 bits per heavy atom. The summed E-state index contributed by atoms with van der Waals surface area (Å²) in [5.74, 6) is -2.04. The van der Waals surface area contributed by atoms with Crippen molar-refractivity contribution in [3.63, 3.8) is 0 Å². The number of hydrogen-bond donors (Lipinski definition) is 3. The second-order valence-corrected chi connectivity index (χ2v) is 7.70. The van der Waals surface area contributed by atoms with Gasteiger partial charge >= 0.3 is 5.97 Å². The predicted molar refractivity (Wildman–Crippen MR) is 118 cm³/mol. The van der Waals surface area contributed by atoms with Crippen LogP contribution in [-0.4, -0.2) is 41.6 Å². The number of ether oxygens (including phenoxy) is 1. The fraction of sp³-hybridized carbons (Fsp3) is 0.522. The first-order valence-corrected chi connectivity index (χ1v) is 10.8. The van der Waals surface area contributed by atoms with Crippen molar-refractivity contribution in [2.75, 3.05) is 0 Å². The standard InChI is InChI=1S/C23H33N3O6/c1-16(27)9-5-3-8-12-20(28)25-17(2)23(31)26-19(22(24)30)13-14-21(29)32-15-18-10-6-4-7-11-18/h4,6-7,10-11,17,19H,3,5,8-9,12-15H2,1-2H3,(H2,24,30)(H,25,28)(H,26,31)/t17-,19+/m0/s1. The summed E-state index contributed by atoms with van der Waals surface area (Å²) in [6.07, 6.45) is 2.72. The van der Waals surface area contributed by atoms with Gasteiger partial charge in [0.2, 0.25) is 17.7 Å². The molecule has 0 aromatic heterocycles. The number of primary amides is 1. The molecule has 0 aliphatic rings. The summed E-state index contributed by atoms with van der Waals surface area (Å²) in [6, 6.07) is 7.23. The molecule has 4 N–H and O–H groups in total. The molecule has 1 aromatic rings. The third-order valence-corrected chi connectivity index (χ3v) is 4.74. The van der Waals surface area contributed by atoms with Gasteiger partial charge in [-0.1, -0.05) is 36.8 Å². The van der Waals surface area contributed by atoms with Crippen molar-refractivity contribution in [3.05, 3.63) is 35.9 Å². The number of hydrogen-bond acceptors (Lipinski definition) is 6. The molecule has 0 bridgehead atoms. The van der Waals surface area contributed by atoms with Crippen molar-refractivity contribution in [1.29, 1.82) is 0 Å². The van der Waals surface area contributed by atoms with Gasteiger partial charge in [0.25, 0.3) is 0 Å². The second-order valence-electron chi connectivity index (χ2n) is 7.70. The number of nitrogens with two attached hydrogens (primary N) is 1. The van der Waals surface area contributed by atoms with E-state index in [1.165, 1.54) is 13.8 Å². The van der Waals surface area contributed by atoms with E-state index in [9.17, 15) is 24.0 Å². The molecule has 0 saturated carbocycles. The van der Waals surface area contributed by atoms with Crippen molar-refractivity contribution in [2.45, 2.75) is 77.5 Å². The molecule has 0 unspecified atom stereocenters. The third-order valence-electron chi connectivity index (χ3n) is 4.74. The Morgan fingerprint density at radius 3 is 2.22 bits per heavy atom. The number of amides is 3. The van der Waals surface area contributed by atoms with Crippen LogP contribution in [0.2, 0.25) is 0 Å². The summed E-state index contributed by atoms with van der Waals surface area (Å²) >= 11 is 0. The zero-order chi connectivity index (χ0) is 23.9. The lowest BCUT2D eigenvalue weighted by atomic mass is 10.1. The van der Waals surface area contributed by atoms with Crippen molar-refractivity contribution >= 4 is 29.5 Å². The van der Waals surface area contributed by atoms with Crippen LogP contribution in [0, 0.1) is 0 Å². The van der Waals surface area contributed by atoms with Crippen LogP contribution in [0.4, 0.5) is 0 Å². The molecule has 9 nitrogen and oxygen atoms in total. The number of carbonyl (C=O) groups is 5. The molecule has 0 fully saturated rings. The lowest BCUT2D eigenvalue weighted by Gasteiger charge is -2.19. The van der Waals surface area contributed by atoms with Crippen LogP contribution in [0.3, 0.4) is 0 Å². The Kier molecular flexibility index (Phi) is 12.3. The average Bonchev–Trinajstić information content (AvgIpc) is 2.74. The largest absolute Gasteiger partial charge is 0.461 e. The highest BCUT2D eigenvalue weighted by atomic mass is 16.5. The summed E-state index contributed by atoms with van der Waals surface area (Å²) in [6.45, 7) is 3.14. The van der Waals surface area contributed by atoms with Crippen LogP contribution in [0.15, 0.2) is 30.3 Å². The SMILES string of the molecule is CC(=O)CCCCCC(=O)N[C@@H](C)C(=O)N[C@H](CCC(=O)OCc1ccccc1)C(N)=O. The lowest BCUT2D eigenvalue weighted by molar-refractivity contribution is -0.145. The van der Waals surface area contributed by atoms with E-state index in [1.807, 2.05) is 30.3 Å². The highest BCUT2D eigenvalue weighted by molar-refractivity contribution is 5.91. The molecular formula is C23H33N3O6. The predicted octanol–water partition coefficient (Wildman–Crippen LogP) is 1.52. The first-order chi connectivity index (χ1) is 15.2. The van der Waals surface area contributed by atoms with Crippen LogP contribution >= 0.6 is 0 Å². The zero-order valence-corrected chi connectivity index (χ0v) is 18.7. The highest BCUT2D eigenvalue weighted by Gasteiger charge is 2.23.